The highest BCUT2D eigenvalue weighted by Crippen LogP contribution is 2.36. The Morgan fingerprint density at radius 2 is 2.07 bits per heavy atom. The molecule has 0 unspecified atom stereocenters. The van der Waals surface area contributed by atoms with Gasteiger partial charge >= 0.3 is 0 Å². The summed E-state index contributed by atoms with van der Waals surface area (Å²) in [6.07, 6.45) is 1.54. The van der Waals surface area contributed by atoms with Crippen molar-refractivity contribution in [3.8, 4) is 0 Å². The summed E-state index contributed by atoms with van der Waals surface area (Å²) in [5.41, 5.74) is 0.601. The largest absolute Gasteiger partial charge is 0.290 e. The third kappa shape index (κ3) is 0.861. The van der Waals surface area contributed by atoms with Crippen molar-refractivity contribution in [2.75, 3.05) is 0 Å². The van der Waals surface area contributed by atoms with E-state index in [1.807, 2.05) is 0 Å². The van der Waals surface area contributed by atoms with Gasteiger partial charge in [0.15, 0.2) is 5.43 Å². The van der Waals surface area contributed by atoms with Crippen LogP contribution in [-0.2, 0) is 0 Å². The Morgan fingerprint density at radius 3 is 3.00 bits per heavy atom. The molecule has 0 fully saturated rings. The van der Waals surface area contributed by atoms with E-state index in [2.05, 4.69) is 20.4 Å². The fraction of sp³-hybridized carbons (Fsp3) is 0. The minimum atomic E-state index is -0.0719. The number of aromatic nitrogens is 2. The molecule has 0 saturated carbocycles. The van der Waals surface area contributed by atoms with Crippen molar-refractivity contribution in [2.24, 2.45) is 10.2 Å². The zero-order chi connectivity index (χ0) is 9.54. The van der Waals surface area contributed by atoms with Gasteiger partial charge in [-0.15, -0.1) is 15.3 Å². The molecule has 0 bridgehead atoms. The highest BCUT2D eigenvalue weighted by Gasteiger charge is 2.12. The summed E-state index contributed by atoms with van der Waals surface area (Å²) in [6.45, 7) is 0. The molecule has 0 aliphatic carbocycles. The molecule has 0 amide bonds. The van der Waals surface area contributed by atoms with Crippen LogP contribution in [0, 0.1) is 0 Å². The molecule has 5 nitrogen and oxygen atoms in total. The number of rotatable bonds is 0. The van der Waals surface area contributed by atoms with E-state index in [-0.39, 0.29) is 5.43 Å². The Morgan fingerprint density at radius 1 is 1.14 bits per heavy atom. The van der Waals surface area contributed by atoms with Crippen LogP contribution in [0.15, 0.2) is 39.4 Å². The van der Waals surface area contributed by atoms with Crippen molar-refractivity contribution in [3.63, 3.8) is 0 Å². The molecule has 14 heavy (non-hydrogen) atoms. The molecule has 0 N–H and O–H groups in total. The van der Waals surface area contributed by atoms with Crippen LogP contribution in [0.5, 0.6) is 0 Å². The molecule has 0 saturated heterocycles. The topological polar surface area (TPSA) is 67.6 Å². The maximum atomic E-state index is 11.3. The van der Waals surface area contributed by atoms with E-state index in [9.17, 15) is 4.79 Å². The molecule has 0 spiro atoms. The van der Waals surface area contributed by atoms with Crippen molar-refractivity contribution in [1.82, 2.24) is 10.2 Å². The molecular formula is C9H4N4O. The Labute approximate surface area is 78.1 Å². The van der Waals surface area contributed by atoms with Gasteiger partial charge in [-0.25, -0.2) is 0 Å². The quantitative estimate of drug-likeness (QED) is 0.534. The lowest BCUT2D eigenvalue weighted by Gasteiger charge is -1.89. The lowest BCUT2D eigenvalue weighted by molar-refractivity contribution is 1.03. The minimum absolute atomic E-state index is 0.0719. The average molecular weight is 184 g/mol. The first-order valence-electron chi connectivity index (χ1n) is 4.06. The number of hydrogen-bond acceptors (Lipinski definition) is 5. The van der Waals surface area contributed by atoms with Gasteiger partial charge in [-0.05, 0) is 18.2 Å². The zero-order valence-corrected chi connectivity index (χ0v) is 7.01. The Kier molecular flexibility index (Phi) is 1.25. The molecule has 3 rings (SSSR count). The lowest BCUT2D eigenvalue weighted by Crippen LogP contribution is -1.89. The predicted octanol–water partition coefficient (Wildman–Crippen LogP) is 1.72. The molecule has 0 atom stereocenters. The highest BCUT2D eigenvalue weighted by molar-refractivity contribution is 5.99. The molecule has 1 aliphatic rings. The summed E-state index contributed by atoms with van der Waals surface area (Å²) in [6, 6.07) is 4.61. The first kappa shape index (κ1) is 7.25. The fourth-order valence-electron chi connectivity index (χ4n) is 1.46. The second-order valence-electron chi connectivity index (χ2n) is 2.96. The van der Waals surface area contributed by atoms with Gasteiger partial charge < -0.3 is 0 Å². The van der Waals surface area contributed by atoms with Gasteiger partial charge in [-0.1, -0.05) is 0 Å². The van der Waals surface area contributed by atoms with E-state index < -0.39 is 0 Å². The maximum absolute atomic E-state index is 11.3. The monoisotopic (exact) mass is 184 g/mol. The van der Waals surface area contributed by atoms with Crippen LogP contribution in [0.2, 0.25) is 0 Å². The van der Waals surface area contributed by atoms with Gasteiger partial charge in [-0.3, -0.25) is 4.79 Å². The van der Waals surface area contributed by atoms with Gasteiger partial charge in [0.25, 0.3) is 0 Å². The van der Waals surface area contributed by atoms with Gasteiger partial charge in [-0.2, -0.15) is 5.10 Å². The standard InChI is InChI=1S/C9H4N4O/c14-6-1-2-7-8-5(3-6)4-10-12-9(8)13-11-7/h1-4H. The Balaban J connectivity index is 2.67. The molecule has 1 aliphatic heterocycles. The molecule has 5 heteroatoms. The summed E-state index contributed by atoms with van der Waals surface area (Å²) >= 11 is 0. The van der Waals surface area contributed by atoms with E-state index in [4.69, 9.17) is 0 Å². The first-order chi connectivity index (χ1) is 6.84. The van der Waals surface area contributed by atoms with Gasteiger partial charge in [0, 0.05) is 5.39 Å². The third-order valence-electron chi connectivity index (χ3n) is 2.07. The summed E-state index contributed by atoms with van der Waals surface area (Å²) in [5, 5.41) is 16.8. The van der Waals surface area contributed by atoms with Crippen molar-refractivity contribution < 1.29 is 0 Å². The second-order valence-corrected chi connectivity index (χ2v) is 2.96. The molecule has 1 aromatic carbocycles. The fourth-order valence-corrected chi connectivity index (χ4v) is 1.46. The SMILES string of the molecule is O=c1ccc2c3c(nncc3c1)N=N2. The number of nitrogens with zero attached hydrogens (tertiary/aromatic N) is 4. The Hall–Kier alpha value is -2.17. The van der Waals surface area contributed by atoms with Crippen LogP contribution in [0.1, 0.15) is 0 Å². The predicted molar refractivity (Wildman–Crippen MR) is 50.0 cm³/mol. The van der Waals surface area contributed by atoms with Crippen LogP contribution >= 0.6 is 0 Å². The lowest BCUT2D eigenvalue weighted by atomic mass is 10.2. The van der Waals surface area contributed by atoms with Crippen LogP contribution in [0.4, 0.5) is 11.5 Å². The molecule has 1 aromatic heterocycles. The average Bonchev–Trinajstić information content (AvgIpc) is 2.51. The zero-order valence-electron chi connectivity index (χ0n) is 7.01. The normalized spacial score (nSPS) is 12.3. The molecule has 66 valence electrons. The third-order valence-corrected chi connectivity index (χ3v) is 2.07. The summed E-state index contributed by atoms with van der Waals surface area (Å²) in [5.74, 6) is 0.480. The van der Waals surface area contributed by atoms with Crippen molar-refractivity contribution in [3.05, 3.63) is 34.6 Å². The summed E-state index contributed by atoms with van der Waals surface area (Å²) in [7, 11) is 0. The Bertz CT molecular complexity index is 621. The van der Waals surface area contributed by atoms with Gasteiger partial charge in [0.05, 0.1) is 17.3 Å². The van der Waals surface area contributed by atoms with E-state index in [0.29, 0.717) is 11.5 Å². The number of azo groups is 1. The van der Waals surface area contributed by atoms with Gasteiger partial charge in [0.2, 0.25) is 5.82 Å². The minimum Gasteiger partial charge on any atom is -0.290 e. The van der Waals surface area contributed by atoms with Crippen LogP contribution in [-0.4, -0.2) is 10.2 Å². The van der Waals surface area contributed by atoms with Crippen LogP contribution < -0.4 is 5.43 Å². The summed E-state index contributed by atoms with van der Waals surface area (Å²) < 4.78 is 0. The smallest absolute Gasteiger partial charge is 0.206 e. The second kappa shape index (κ2) is 2.41. The molecule has 2 aromatic rings. The van der Waals surface area contributed by atoms with Crippen LogP contribution in [0.3, 0.4) is 0 Å². The molecular weight excluding hydrogens is 180 g/mol. The van der Waals surface area contributed by atoms with Crippen molar-refractivity contribution in [1.29, 1.82) is 0 Å². The first-order valence-corrected chi connectivity index (χ1v) is 4.06. The summed E-state index contributed by atoms with van der Waals surface area (Å²) in [4.78, 5) is 11.3. The molecule has 2 heterocycles. The van der Waals surface area contributed by atoms with E-state index in [0.717, 1.165) is 10.8 Å². The van der Waals surface area contributed by atoms with Gasteiger partial charge in [0.1, 0.15) is 0 Å². The van der Waals surface area contributed by atoms with Crippen LogP contribution in [0.25, 0.3) is 10.8 Å². The number of hydrogen-bond donors (Lipinski definition) is 0. The maximum Gasteiger partial charge on any atom is 0.206 e. The van der Waals surface area contributed by atoms with E-state index in [1.165, 1.54) is 12.1 Å². The van der Waals surface area contributed by atoms with Crippen molar-refractivity contribution >= 4 is 22.3 Å². The highest BCUT2D eigenvalue weighted by atomic mass is 16.1. The van der Waals surface area contributed by atoms with E-state index >= 15 is 0 Å². The van der Waals surface area contributed by atoms with E-state index in [1.54, 1.807) is 12.3 Å². The van der Waals surface area contributed by atoms with Crippen molar-refractivity contribution in [2.45, 2.75) is 0 Å². The molecule has 0 radical (unpaired) electrons.